The minimum absolute atomic E-state index is 0.293. The number of hydrogen-bond donors (Lipinski definition) is 1. The fraction of sp³-hybridized carbons (Fsp3) is 0.238. The minimum atomic E-state index is -0.712. The average molecular weight is 379 g/mol. The Kier molecular flexibility index (Phi) is 4.22. The summed E-state index contributed by atoms with van der Waals surface area (Å²) in [4.78, 5) is 12.6. The van der Waals surface area contributed by atoms with Gasteiger partial charge in [0.25, 0.3) is 5.91 Å². The van der Waals surface area contributed by atoms with E-state index in [1.54, 1.807) is 42.3 Å². The number of fused-ring (bicyclic) bond motifs is 1. The van der Waals surface area contributed by atoms with E-state index in [2.05, 4.69) is 10.4 Å². The van der Waals surface area contributed by atoms with Gasteiger partial charge in [0.05, 0.1) is 7.11 Å². The van der Waals surface area contributed by atoms with Crippen molar-refractivity contribution < 1.29 is 19.0 Å². The molecule has 1 aromatic heterocycles. The number of carbonyl (C=O) groups is 1. The predicted octanol–water partition coefficient (Wildman–Crippen LogP) is 3.95. The van der Waals surface area contributed by atoms with Gasteiger partial charge in [-0.2, -0.15) is 5.10 Å². The zero-order valence-corrected chi connectivity index (χ0v) is 16.1. The third-order valence-corrected chi connectivity index (χ3v) is 4.32. The van der Waals surface area contributed by atoms with Crippen molar-refractivity contribution in [3.8, 4) is 22.9 Å². The van der Waals surface area contributed by atoms with E-state index in [0.29, 0.717) is 28.6 Å². The topological polar surface area (TPSA) is 74.6 Å². The Morgan fingerprint density at radius 1 is 1.11 bits per heavy atom. The van der Waals surface area contributed by atoms with Crippen LogP contribution in [0.2, 0.25) is 0 Å². The van der Waals surface area contributed by atoms with Gasteiger partial charge in [-0.15, -0.1) is 0 Å². The van der Waals surface area contributed by atoms with Gasteiger partial charge in [-0.05, 0) is 42.8 Å². The number of ether oxygens (including phenoxy) is 3. The van der Waals surface area contributed by atoms with Crippen molar-refractivity contribution in [2.45, 2.75) is 26.6 Å². The quantitative estimate of drug-likeness (QED) is 0.743. The highest BCUT2D eigenvalue weighted by Gasteiger charge is 2.31. The van der Waals surface area contributed by atoms with Gasteiger partial charge in [0.1, 0.15) is 11.4 Å². The Morgan fingerprint density at radius 2 is 1.89 bits per heavy atom. The van der Waals surface area contributed by atoms with Crippen LogP contribution in [0.4, 0.5) is 5.69 Å². The number of aryl methyl sites for hydroxylation is 1. The number of aromatic nitrogens is 2. The van der Waals surface area contributed by atoms with Gasteiger partial charge in [-0.1, -0.05) is 6.07 Å². The molecule has 0 atom stereocenters. The van der Waals surface area contributed by atoms with Crippen molar-refractivity contribution in [3.05, 3.63) is 59.9 Å². The van der Waals surface area contributed by atoms with Crippen molar-refractivity contribution in [1.29, 1.82) is 0 Å². The summed E-state index contributed by atoms with van der Waals surface area (Å²) in [6.45, 7) is 5.65. The summed E-state index contributed by atoms with van der Waals surface area (Å²) in [5, 5.41) is 7.23. The number of nitrogens with one attached hydrogen (secondary N) is 1. The van der Waals surface area contributed by atoms with Crippen molar-refractivity contribution in [3.63, 3.8) is 0 Å². The lowest BCUT2D eigenvalue weighted by Crippen LogP contribution is -2.29. The fourth-order valence-electron chi connectivity index (χ4n) is 3.05. The maximum atomic E-state index is 12.6. The van der Waals surface area contributed by atoms with Crippen LogP contribution >= 0.6 is 0 Å². The first kappa shape index (κ1) is 17.9. The summed E-state index contributed by atoms with van der Waals surface area (Å²) in [5.74, 6) is 0.899. The molecule has 7 heteroatoms. The van der Waals surface area contributed by atoms with Gasteiger partial charge < -0.3 is 19.5 Å². The Hall–Kier alpha value is -3.48. The average Bonchev–Trinajstić information content (AvgIpc) is 3.24. The van der Waals surface area contributed by atoms with Crippen molar-refractivity contribution >= 4 is 11.6 Å². The largest absolute Gasteiger partial charge is 0.494 e. The van der Waals surface area contributed by atoms with E-state index in [0.717, 1.165) is 11.3 Å². The molecule has 0 saturated heterocycles. The second-order valence-electron chi connectivity index (χ2n) is 7.04. The molecule has 1 N–H and O–H groups in total. The molecule has 0 spiro atoms. The van der Waals surface area contributed by atoms with Crippen molar-refractivity contribution in [2.75, 3.05) is 12.4 Å². The second-order valence-corrected chi connectivity index (χ2v) is 7.04. The molecular weight excluding hydrogens is 358 g/mol. The summed E-state index contributed by atoms with van der Waals surface area (Å²) in [5.41, 5.74) is 2.74. The van der Waals surface area contributed by atoms with Crippen LogP contribution in [0.1, 0.15) is 29.9 Å². The molecule has 144 valence electrons. The molecule has 28 heavy (non-hydrogen) atoms. The summed E-state index contributed by atoms with van der Waals surface area (Å²) < 4.78 is 18.4. The maximum absolute atomic E-state index is 12.6. The van der Waals surface area contributed by atoms with Crippen molar-refractivity contribution in [1.82, 2.24) is 9.78 Å². The van der Waals surface area contributed by atoms with E-state index in [1.165, 1.54) is 0 Å². The highest BCUT2D eigenvalue weighted by Crippen LogP contribution is 2.40. The van der Waals surface area contributed by atoms with E-state index in [4.69, 9.17) is 14.2 Å². The Balaban J connectivity index is 1.54. The number of carbonyl (C=O) groups excluding carboxylic acids is 1. The molecule has 1 amide bonds. The van der Waals surface area contributed by atoms with Crippen molar-refractivity contribution in [2.24, 2.45) is 0 Å². The molecule has 0 aliphatic carbocycles. The first-order valence-corrected chi connectivity index (χ1v) is 8.89. The van der Waals surface area contributed by atoms with E-state index in [9.17, 15) is 4.79 Å². The monoisotopic (exact) mass is 379 g/mol. The summed E-state index contributed by atoms with van der Waals surface area (Å²) in [7, 11) is 1.60. The zero-order valence-electron chi connectivity index (χ0n) is 16.1. The molecule has 0 radical (unpaired) electrons. The predicted molar refractivity (Wildman–Crippen MR) is 105 cm³/mol. The van der Waals surface area contributed by atoms with Crippen LogP contribution in [0.3, 0.4) is 0 Å². The third kappa shape index (κ3) is 3.38. The molecule has 2 heterocycles. The zero-order chi connectivity index (χ0) is 19.9. The molecule has 0 saturated carbocycles. The number of hydrogen-bond acceptors (Lipinski definition) is 5. The van der Waals surface area contributed by atoms with Gasteiger partial charge in [0.2, 0.25) is 5.79 Å². The van der Waals surface area contributed by atoms with E-state index in [1.807, 2.05) is 39.0 Å². The SMILES string of the molecule is COc1ccc(C)cc1-n1ccc(C(=O)Nc2ccc3c(c2)OC(C)(C)O3)n1. The van der Waals surface area contributed by atoms with Crippen LogP contribution in [0.15, 0.2) is 48.7 Å². The molecule has 0 fully saturated rings. The number of anilines is 1. The number of amides is 1. The third-order valence-electron chi connectivity index (χ3n) is 4.32. The molecule has 0 unspecified atom stereocenters. The van der Waals surface area contributed by atoms with E-state index in [-0.39, 0.29) is 5.91 Å². The van der Waals surface area contributed by atoms with Gasteiger partial charge in [-0.3, -0.25) is 4.79 Å². The molecule has 1 aliphatic heterocycles. The van der Waals surface area contributed by atoms with Crippen LogP contribution in [-0.2, 0) is 0 Å². The molecule has 1 aliphatic rings. The van der Waals surface area contributed by atoms with Crippen LogP contribution in [0, 0.1) is 6.92 Å². The molecule has 3 aromatic rings. The van der Waals surface area contributed by atoms with E-state index >= 15 is 0 Å². The normalized spacial score (nSPS) is 14.0. The lowest BCUT2D eigenvalue weighted by atomic mass is 10.2. The molecular formula is C21H21N3O4. The van der Waals surface area contributed by atoms with Crippen LogP contribution in [0.25, 0.3) is 5.69 Å². The van der Waals surface area contributed by atoms with Gasteiger partial charge in [0, 0.05) is 31.8 Å². The highest BCUT2D eigenvalue weighted by molar-refractivity contribution is 6.03. The number of rotatable bonds is 4. The van der Waals surface area contributed by atoms with E-state index < -0.39 is 5.79 Å². The summed E-state index contributed by atoms with van der Waals surface area (Å²) in [6.07, 6.45) is 1.73. The molecule has 7 nitrogen and oxygen atoms in total. The van der Waals surface area contributed by atoms with Gasteiger partial charge in [0.15, 0.2) is 17.2 Å². The van der Waals surface area contributed by atoms with Crippen LogP contribution in [0.5, 0.6) is 17.2 Å². The summed E-state index contributed by atoms with van der Waals surface area (Å²) in [6, 6.07) is 12.7. The first-order chi connectivity index (χ1) is 13.3. The lowest BCUT2D eigenvalue weighted by Gasteiger charge is -2.16. The lowest BCUT2D eigenvalue weighted by molar-refractivity contribution is -0.0431. The Morgan fingerprint density at radius 3 is 2.68 bits per heavy atom. The van der Waals surface area contributed by atoms with Crippen LogP contribution in [-0.4, -0.2) is 28.6 Å². The minimum Gasteiger partial charge on any atom is -0.494 e. The fourth-order valence-corrected chi connectivity index (χ4v) is 3.05. The number of methoxy groups -OCH3 is 1. The molecule has 0 bridgehead atoms. The molecule has 4 rings (SSSR count). The summed E-state index contributed by atoms with van der Waals surface area (Å²) >= 11 is 0. The molecule has 2 aromatic carbocycles. The highest BCUT2D eigenvalue weighted by atomic mass is 16.7. The Labute approximate surface area is 162 Å². The Bertz CT molecular complexity index is 1060. The first-order valence-electron chi connectivity index (χ1n) is 8.89. The van der Waals surface area contributed by atoms with Gasteiger partial charge >= 0.3 is 0 Å². The maximum Gasteiger partial charge on any atom is 0.276 e. The standard InChI is InChI=1S/C21H21N3O4/c1-13-5-7-17(26-4)16(11-13)24-10-9-15(23-24)20(25)22-14-6-8-18-19(12-14)28-21(2,3)27-18/h5-12H,1-4H3,(H,22,25). The smallest absolute Gasteiger partial charge is 0.276 e. The van der Waals surface area contributed by atoms with Crippen LogP contribution < -0.4 is 19.5 Å². The second kappa shape index (κ2) is 6.60. The number of benzene rings is 2. The van der Waals surface area contributed by atoms with Gasteiger partial charge in [-0.25, -0.2) is 4.68 Å². The number of nitrogens with zero attached hydrogens (tertiary/aromatic N) is 2.